The first-order valence-corrected chi connectivity index (χ1v) is 10.8. The van der Waals surface area contributed by atoms with E-state index >= 15 is 0 Å². The van der Waals surface area contributed by atoms with Gasteiger partial charge in [0, 0.05) is 12.6 Å². The van der Waals surface area contributed by atoms with Crippen molar-refractivity contribution in [2.45, 2.75) is 63.3 Å². The van der Waals surface area contributed by atoms with Crippen molar-refractivity contribution in [2.24, 2.45) is 0 Å². The lowest BCUT2D eigenvalue weighted by molar-refractivity contribution is -0.122. The molecule has 0 spiro atoms. The smallest absolute Gasteiger partial charge is 0.247 e. The molecule has 1 fully saturated rings. The fraction of sp³-hybridized carbons (Fsp3) is 0.632. The molecule has 0 heterocycles. The van der Waals surface area contributed by atoms with Crippen molar-refractivity contribution in [2.75, 3.05) is 20.2 Å². The quantitative estimate of drug-likeness (QED) is 0.736. The van der Waals surface area contributed by atoms with Gasteiger partial charge in [0.15, 0.2) is 0 Å². The van der Waals surface area contributed by atoms with E-state index in [1.807, 2.05) is 6.92 Å². The Balaban J connectivity index is 2.13. The van der Waals surface area contributed by atoms with E-state index in [4.69, 9.17) is 4.74 Å². The number of rotatable bonds is 7. The highest BCUT2D eigenvalue weighted by molar-refractivity contribution is 7.89. The number of carbonyl (C=O) groups is 1. The van der Waals surface area contributed by atoms with Crippen LogP contribution in [0.1, 0.15) is 51.0 Å². The van der Waals surface area contributed by atoms with Gasteiger partial charge >= 0.3 is 0 Å². The molecule has 0 bridgehead atoms. The van der Waals surface area contributed by atoms with E-state index in [0.717, 1.165) is 31.2 Å². The van der Waals surface area contributed by atoms with Crippen LogP contribution >= 0.6 is 0 Å². The third kappa shape index (κ3) is 5.20. The first-order valence-electron chi connectivity index (χ1n) is 9.32. The summed E-state index contributed by atoms with van der Waals surface area (Å²) in [5.41, 5.74) is 0.823. The summed E-state index contributed by atoms with van der Waals surface area (Å²) in [4.78, 5) is 12.5. The molecule has 1 amide bonds. The lowest BCUT2D eigenvalue weighted by Gasteiger charge is -2.23. The van der Waals surface area contributed by atoms with E-state index in [1.165, 1.54) is 24.3 Å². The number of amides is 1. The zero-order valence-electron chi connectivity index (χ0n) is 16.0. The zero-order valence-corrected chi connectivity index (χ0v) is 16.8. The Hall–Kier alpha value is -1.60. The van der Waals surface area contributed by atoms with E-state index in [1.54, 1.807) is 25.1 Å². The second kappa shape index (κ2) is 9.37. The fourth-order valence-corrected chi connectivity index (χ4v) is 4.99. The Morgan fingerprint density at radius 3 is 2.46 bits per heavy atom. The van der Waals surface area contributed by atoms with Gasteiger partial charge in [-0.25, -0.2) is 8.42 Å². The van der Waals surface area contributed by atoms with Crippen molar-refractivity contribution >= 4 is 15.9 Å². The summed E-state index contributed by atoms with van der Waals surface area (Å²) in [6.07, 6.45) is 6.57. The molecule has 7 heteroatoms. The minimum Gasteiger partial charge on any atom is -0.495 e. The molecular weight excluding hydrogens is 352 g/mol. The molecule has 1 aliphatic rings. The summed E-state index contributed by atoms with van der Waals surface area (Å²) in [6, 6.07) is 5.18. The summed E-state index contributed by atoms with van der Waals surface area (Å²) in [7, 11) is -2.37. The number of nitrogens with one attached hydrogen (secondary N) is 1. The molecular formula is C19H30N2O4S. The SMILES string of the molecule is CCN(CC(=O)NC1CCCCCC1)S(=O)(=O)c1cc(C)ccc1OC. The molecule has 0 saturated heterocycles. The highest BCUT2D eigenvalue weighted by Gasteiger charge is 2.29. The molecule has 1 aromatic carbocycles. The molecule has 0 unspecified atom stereocenters. The molecule has 2 rings (SSSR count). The number of ether oxygens (including phenoxy) is 1. The maximum atomic E-state index is 13.0. The summed E-state index contributed by atoms with van der Waals surface area (Å²) in [5, 5.41) is 3.01. The molecule has 0 atom stereocenters. The van der Waals surface area contributed by atoms with Gasteiger partial charge in [0.25, 0.3) is 0 Å². The molecule has 1 N–H and O–H groups in total. The Morgan fingerprint density at radius 1 is 1.23 bits per heavy atom. The topological polar surface area (TPSA) is 75.7 Å². The molecule has 26 heavy (non-hydrogen) atoms. The van der Waals surface area contributed by atoms with Crippen LogP contribution < -0.4 is 10.1 Å². The Labute approximate surface area is 157 Å². The van der Waals surface area contributed by atoms with Crippen LogP contribution in [0.2, 0.25) is 0 Å². The molecule has 1 aliphatic carbocycles. The summed E-state index contributed by atoms with van der Waals surface area (Å²) in [6.45, 7) is 3.61. The predicted molar refractivity (Wildman–Crippen MR) is 102 cm³/mol. The van der Waals surface area contributed by atoms with Gasteiger partial charge in [-0.05, 0) is 37.5 Å². The van der Waals surface area contributed by atoms with E-state index in [9.17, 15) is 13.2 Å². The lowest BCUT2D eigenvalue weighted by atomic mass is 10.1. The number of benzene rings is 1. The maximum Gasteiger partial charge on any atom is 0.247 e. The van der Waals surface area contributed by atoms with Gasteiger partial charge in [0.2, 0.25) is 15.9 Å². The minimum atomic E-state index is -3.81. The standard InChI is InChI=1S/C19H30N2O4S/c1-4-21(14-19(22)20-16-9-7-5-6-8-10-16)26(23,24)18-13-15(2)11-12-17(18)25-3/h11-13,16H,4-10,14H2,1-3H3,(H,20,22). The number of aryl methyl sites for hydroxylation is 1. The van der Waals surface area contributed by atoms with Crippen LogP contribution in [0.25, 0.3) is 0 Å². The van der Waals surface area contributed by atoms with Crippen molar-refractivity contribution < 1.29 is 17.9 Å². The summed E-state index contributed by atoms with van der Waals surface area (Å²) >= 11 is 0. The first-order chi connectivity index (χ1) is 12.4. The van der Waals surface area contributed by atoms with Gasteiger partial charge in [0.1, 0.15) is 10.6 Å². The van der Waals surface area contributed by atoms with E-state index in [-0.39, 0.29) is 29.9 Å². The van der Waals surface area contributed by atoms with Gasteiger partial charge in [0.05, 0.1) is 13.7 Å². The van der Waals surface area contributed by atoms with Crippen LogP contribution in [0.3, 0.4) is 0 Å². The monoisotopic (exact) mass is 382 g/mol. The second-order valence-electron chi connectivity index (χ2n) is 6.84. The number of methoxy groups -OCH3 is 1. The van der Waals surface area contributed by atoms with E-state index < -0.39 is 10.0 Å². The fourth-order valence-electron chi connectivity index (χ4n) is 3.35. The average molecular weight is 383 g/mol. The Bertz CT molecular complexity index is 710. The second-order valence-corrected chi connectivity index (χ2v) is 8.75. The van der Waals surface area contributed by atoms with Crippen LogP contribution in [0.5, 0.6) is 5.75 Å². The van der Waals surface area contributed by atoms with E-state index in [2.05, 4.69) is 5.32 Å². The lowest BCUT2D eigenvalue weighted by Crippen LogP contribution is -2.44. The van der Waals surface area contributed by atoms with Crippen LogP contribution in [-0.4, -0.2) is 44.9 Å². The largest absolute Gasteiger partial charge is 0.495 e. The number of nitrogens with zero attached hydrogens (tertiary/aromatic N) is 1. The highest BCUT2D eigenvalue weighted by atomic mass is 32.2. The third-order valence-corrected chi connectivity index (χ3v) is 6.77. The normalized spacial score (nSPS) is 16.3. The molecule has 0 radical (unpaired) electrons. The highest BCUT2D eigenvalue weighted by Crippen LogP contribution is 2.27. The van der Waals surface area contributed by atoms with Crippen molar-refractivity contribution in [1.29, 1.82) is 0 Å². The summed E-state index contributed by atoms with van der Waals surface area (Å²) < 4.78 is 32.5. The van der Waals surface area contributed by atoms with Crippen molar-refractivity contribution in [3.05, 3.63) is 23.8 Å². The van der Waals surface area contributed by atoms with Crippen LogP contribution in [0.15, 0.2) is 23.1 Å². The predicted octanol–water partition coefficient (Wildman–Crippen LogP) is 2.85. The number of carbonyl (C=O) groups excluding carboxylic acids is 1. The van der Waals surface area contributed by atoms with Gasteiger partial charge < -0.3 is 10.1 Å². The zero-order chi connectivity index (χ0) is 19.2. The molecule has 0 aliphatic heterocycles. The molecule has 0 aromatic heterocycles. The summed E-state index contributed by atoms with van der Waals surface area (Å²) in [5.74, 6) is 0.0483. The molecule has 6 nitrogen and oxygen atoms in total. The maximum absolute atomic E-state index is 13.0. The molecule has 146 valence electrons. The number of sulfonamides is 1. The van der Waals surface area contributed by atoms with E-state index in [0.29, 0.717) is 5.75 Å². The minimum absolute atomic E-state index is 0.101. The molecule has 1 saturated carbocycles. The first kappa shape index (κ1) is 20.7. The van der Waals surface area contributed by atoms with Gasteiger partial charge in [-0.1, -0.05) is 38.7 Å². The number of hydrogen-bond acceptors (Lipinski definition) is 4. The van der Waals surface area contributed by atoms with Gasteiger partial charge in [-0.2, -0.15) is 4.31 Å². The van der Waals surface area contributed by atoms with Gasteiger partial charge in [-0.15, -0.1) is 0 Å². The van der Waals surface area contributed by atoms with Gasteiger partial charge in [-0.3, -0.25) is 4.79 Å². The van der Waals surface area contributed by atoms with Crippen molar-refractivity contribution in [3.8, 4) is 5.75 Å². The molecule has 1 aromatic rings. The number of likely N-dealkylation sites (N-methyl/N-ethyl adjacent to an activating group) is 1. The third-order valence-electron chi connectivity index (χ3n) is 4.83. The van der Waals surface area contributed by atoms with Crippen LogP contribution in [0.4, 0.5) is 0 Å². The number of hydrogen-bond donors (Lipinski definition) is 1. The average Bonchev–Trinajstić information content (AvgIpc) is 2.88. The van der Waals surface area contributed by atoms with Crippen molar-refractivity contribution in [1.82, 2.24) is 9.62 Å². The van der Waals surface area contributed by atoms with Crippen LogP contribution in [0, 0.1) is 6.92 Å². The van der Waals surface area contributed by atoms with Crippen LogP contribution in [-0.2, 0) is 14.8 Å². The Kier molecular flexibility index (Phi) is 7.46. The van der Waals surface area contributed by atoms with Crippen molar-refractivity contribution in [3.63, 3.8) is 0 Å². The Morgan fingerprint density at radius 2 is 1.88 bits per heavy atom.